The zero-order valence-electron chi connectivity index (χ0n) is 11.9. The van der Waals surface area contributed by atoms with Crippen LogP contribution in [0.2, 0.25) is 0 Å². The Morgan fingerprint density at radius 3 is 2.81 bits per heavy atom. The average Bonchev–Trinajstić information content (AvgIpc) is 3.04. The molecule has 8 nitrogen and oxygen atoms in total. The molecule has 0 amide bonds. The SMILES string of the molecule is COc1ncnc2c1nc(C(C)Cl)n2Cc1nncn1C. The first-order valence-corrected chi connectivity index (χ1v) is 6.77. The third kappa shape index (κ3) is 2.31. The molecule has 1 unspecified atom stereocenters. The van der Waals surface area contributed by atoms with Gasteiger partial charge in [0.1, 0.15) is 18.5 Å². The second-order valence-electron chi connectivity index (χ2n) is 4.59. The normalized spacial score (nSPS) is 12.8. The van der Waals surface area contributed by atoms with E-state index in [0.29, 0.717) is 29.4 Å². The molecule has 3 heterocycles. The summed E-state index contributed by atoms with van der Waals surface area (Å²) in [5.74, 6) is 1.90. The molecule has 0 saturated carbocycles. The Hall–Kier alpha value is -2.22. The molecule has 0 radical (unpaired) electrons. The van der Waals surface area contributed by atoms with Crippen molar-refractivity contribution in [2.24, 2.45) is 7.05 Å². The van der Waals surface area contributed by atoms with Crippen molar-refractivity contribution in [2.45, 2.75) is 18.8 Å². The Bertz CT molecular complexity index is 779. The Morgan fingerprint density at radius 2 is 2.19 bits per heavy atom. The summed E-state index contributed by atoms with van der Waals surface area (Å²) in [6.07, 6.45) is 3.09. The largest absolute Gasteiger partial charge is 0.479 e. The highest BCUT2D eigenvalue weighted by molar-refractivity contribution is 6.20. The number of hydrogen-bond donors (Lipinski definition) is 0. The van der Waals surface area contributed by atoms with Gasteiger partial charge in [-0.1, -0.05) is 0 Å². The molecule has 0 spiro atoms. The number of aromatic nitrogens is 7. The minimum absolute atomic E-state index is 0.280. The molecule has 0 aliphatic heterocycles. The van der Waals surface area contributed by atoms with Crippen molar-refractivity contribution < 1.29 is 4.74 Å². The van der Waals surface area contributed by atoms with Crippen molar-refractivity contribution in [3.8, 4) is 5.88 Å². The van der Waals surface area contributed by atoms with E-state index in [4.69, 9.17) is 16.3 Å². The van der Waals surface area contributed by atoms with Crippen molar-refractivity contribution in [2.75, 3.05) is 7.11 Å². The minimum Gasteiger partial charge on any atom is -0.479 e. The van der Waals surface area contributed by atoms with Crippen LogP contribution in [0.1, 0.15) is 23.9 Å². The standard InChI is InChI=1S/C12H14ClN7O/c1-7(13)10-17-9-11(14-5-15-12(9)21-3)20(10)4-8-18-16-6-19(8)2/h5-7H,4H2,1-3H3. The number of fused-ring (bicyclic) bond motifs is 1. The van der Waals surface area contributed by atoms with Crippen LogP contribution >= 0.6 is 11.6 Å². The van der Waals surface area contributed by atoms with Gasteiger partial charge < -0.3 is 13.9 Å². The van der Waals surface area contributed by atoms with Gasteiger partial charge in [-0.25, -0.2) is 9.97 Å². The van der Waals surface area contributed by atoms with Crippen LogP contribution in [0.4, 0.5) is 0 Å². The zero-order valence-corrected chi connectivity index (χ0v) is 12.6. The number of methoxy groups -OCH3 is 1. The van der Waals surface area contributed by atoms with Crippen molar-refractivity contribution in [3.05, 3.63) is 24.3 Å². The molecule has 0 saturated heterocycles. The fourth-order valence-corrected chi connectivity index (χ4v) is 2.30. The number of hydrogen-bond acceptors (Lipinski definition) is 6. The van der Waals surface area contributed by atoms with E-state index in [9.17, 15) is 0 Å². The first-order chi connectivity index (χ1) is 10.1. The maximum absolute atomic E-state index is 6.24. The topological polar surface area (TPSA) is 83.5 Å². The molecular weight excluding hydrogens is 294 g/mol. The predicted octanol–water partition coefficient (Wildman–Crippen LogP) is 1.31. The second-order valence-corrected chi connectivity index (χ2v) is 5.24. The summed E-state index contributed by atoms with van der Waals surface area (Å²) < 4.78 is 8.98. The maximum Gasteiger partial charge on any atom is 0.245 e. The van der Waals surface area contributed by atoms with E-state index < -0.39 is 0 Å². The molecule has 3 rings (SSSR count). The van der Waals surface area contributed by atoms with Crippen molar-refractivity contribution in [1.82, 2.24) is 34.3 Å². The van der Waals surface area contributed by atoms with Crippen molar-refractivity contribution in [3.63, 3.8) is 0 Å². The summed E-state index contributed by atoms with van der Waals surface area (Å²) in [7, 11) is 3.43. The van der Waals surface area contributed by atoms with Crippen LogP contribution in [0.15, 0.2) is 12.7 Å². The summed E-state index contributed by atoms with van der Waals surface area (Å²) in [4.78, 5) is 12.9. The van der Waals surface area contributed by atoms with Crippen LogP contribution in [0.5, 0.6) is 5.88 Å². The lowest BCUT2D eigenvalue weighted by Crippen LogP contribution is -2.10. The van der Waals surface area contributed by atoms with Crippen molar-refractivity contribution in [1.29, 1.82) is 0 Å². The third-order valence-electron chi connectivity index (χ3n) is 3.18. The second kappa shape index (κ2) is 5.28. The lowest BCUT2D eigenvalue weighted by Gasteiger charge is -2.09. The van der Waals surface area contributed by atoms with Gasteiger partial charge in [0.2, 0.25) is 5.88 Å². The van der Waals surface area contributed by atoms with Crippen LogP contribution in [0.3, 0.4) is 0 Å². The van der Waals surface area contributed by atoms with Crippen LogP contribution in [0, 0.1) is 0 Å². The monoisotopic (exact) mass is 307 g/mol. The van der Waals surface area contributed by atoms with E-state index >= 15 is 0 Å². The highest BCUT2D eigenvalue weighted by Crippen LogP contribution is 2.27. The molecule has 9 heteroatoms. The number of imidazole rings is 1. The quantitative estimate of drug-likeness (QED) is 0.676. The van der Waals surface area contributed by atoms with Gasteiger partial charge >= 0.3 is 0 Å². The Balaban J connectivity index is 2.19. The van der Waals surface area contributed by atoms with Crippen molar-refractivity contribution >= 4 is 22.8 Å². The van der Waals surface area contributed by atoms with Crippen LogP contribution in [-0.2, 0) is 13.6 Å². The third-order valence-corrected chi connectivity index (χ3v) is 3.38. The van der Waals surface area contributed by atoms with E-state index in [1.165, 1.54) is 6.33 Å². The highest BCUT2D eigenvalue weighted by atomic mass is 35.5. The molecule has 1 atom stereocenters. The molecule has 21 heavy (non-hydrogen) atoms. The van der Waals surface area contributed by atoms with E-state index in [1.54, 1.807) is 13.4 Å². The van der Waals surface area contributed by atoms with E-state index in [2.05, 4.69) is 25.1 Å². The maximum atomic E-state index is 6.24. The van der Waals surface area contributed by atoms with Crippen LogP contribution in [-0.4, -0.2) is 41.4 Å². The molecular formula is C12H14ClN7O. The molecule has 0 aliphatic carbocycles. The summed E-state index contributed by atoms with van der Waals surface area (Å²) in [6.45, 7) is 2.33. The van der Waals surface area contributed by atoms with Gasteiger partial charge in [0.05, 0.1) is 19.0 Å². The van der Waals surface area contributed by atoms with Gasteiger partial charge in [-0.05, 0) is 6.92 Å². The van der Waals surface area contributed by atoms with E-state index in [1.807, 2.05) is 23.1 Å². The molecule has 0 bridgehead atoms. The number of ether oxygens (including phenoxy) is 1. The fourth-order valence-electron chi connectivity index (χ4n) is 2.13. The Morgan fingerprint density at radius 1 is 1.38 bits per heavy atom. The van der Waals surface area contributed by atoms with Crippen LogP contribution in [0.25, 0.3) is 11.2 Å². The first-order valence-electron chi connectivity index (χ1n) is 6.34. The number of nitrogens with zero attached hydrogens (tertiary/aromatic N) is 7. The minimum atomic E-state index is -0.280. The highest BCUT2D eigenvalue weighted by Gasteiger charge is 2.20. The summed E-state index contributed by atoms with van der Waals surface area (Å²) >= 11 is 6.24. The average molecular weight is 308 g/mol. The molecule has 110 valence electrons. The Kier molecular flexibility index (Phi) is 3.46. The molecule has 0 aliphatic rings. The van der Waals surface area contributed by atoms with Crippen LogP contribution < -0.4 is 4.74 Å². The predicted molar refractivity (Wildman–Crippen MR) is 76.2 cm³/mol. The molecule has 0 aromatic carbocycles. The van der Waals surface area contributed by atoms with E-state index in [0.717, 1.165) is 5.82 Å². The molecule has 3 aromatic heterocycles. The van der Waals surface area contributed by atoms with Gasteiger partial charge in [0.25, 0.3) is 0 Å². The number of rotatable bonds is 4. The number of alkyl halides is 1. The van der Waals surface area contributed by atoms with Gasteiger partial charge in [-0.15, -0.1) is 21.8 Å². The summed E-state index contributed by atoms with van der Waals surface area (Å²) in [5, 5.41) is 7.69. The van der Waals surface area contributed by atoms with Gasteiger partial charge in [0.15, 0.2) is 17.0 Å². The van der Waals surface area contributed by atoms with E-state index in [-0.39, 0.29) is 5.38 Å². The lowest BCUT2D eigenvalue weighted by molar-refractivity contribution is 0.401. The number of aryl methyl sites for hydroxylation is 1. The van der Waals surface area contributed by atoms with Gasteiger partial charge in [-0.2, -0.15) is 4.98 Å². The first kappa shape index (κ1) is 13.7. The Labute approximate surface area is 125 Å². The molecule has 3 aromatic rings. The zero-order chi connectivity index (χ0) is 15.0. The summed E-state index contributed by atoms with van der Waals surface area (Å²) in [5.41, 5.74) is 1.25. The summed E-state index contributed by atoms with van der Waals surface area (Å²) in [6, 6.07) is 0. The smallest absolute Gasteiger partial charge is 0.245 e. The molecule has 0 N–H and O–H groups in total. The number of halogens is 1. The molecule has 0 fully saturated rings. The fraction of sp³-hybridized carbons (Fsp3) is 0.417. The van der Waals surface area contributed by atoms with Gasteiger partial charge in [-0.3, -0.25) is 0 Å². The van der Waals surface area contributed by atoms with Gasteiger partial charge in [0, 0.05) is 7.05 Å². The lowest BCUT2D eigenvalue weighted by atomic mass is 10.4.